The van der Waals surface area contributed by atoms with Crippen LogP contribution in [-0.4, -0.2) is 15.6 Å². The van der Waals surface area contributed by atoms with E-state index in [4.69, 9.17) is 16.1 Å². The Hall–Kier alpha value is -3.23. The zero-order valence-electron chi connectivity index (χ0n) is 16.8. The van der Waals surface area contributed by atoms with Crippen LogP contribution in [0.5, 0.6) is 0 Å². The summed E-state index contributed by atoms with van der Waals surface area (Å²) in [5.41, 5.74) is 3.01. The molecule has 158 valence electrons. The van der Waals surface area contributed by atoms with Crippen LogP contribution in [0.15, 0.2) is 68.8 Å². The van der Waals surface area contributed by atoms with Crippen molar-refractivity contribution in [3.8, 4) is 0 Å². The van der Waals surface area contributed by atoms with Crippen LogP contribution in [0.25, 0.3) is 5.65 Å². The number of aromatic nitrogens is 2. The number of para-hydroxylation sites is 1. The summed E-state index contributed by atoms with van der Waals surface area (Å²) in [7, 11) is 0. The topological polar surface area (TPSA) is 88.6 Å². The number of rotatable bonds is 5. The van der Waals surface area contributed by atoms with Crippen molar-refractivity contribution in [3.63, 3.8) is 0 Å². The predicted octanol–water partition coefficient (Wildman–Crippen LogP) is 5.49. The third-order valence-corrected chi connectivity index (χ3v) is 5.83. The second-order valence-corrected chi connectivity index (χ2v) is 8.36. The molecular formula is C22H19ClN4O3S. The maximum Gasteiger partial charge on any atom is 0.323 e. The van der Waals surface area contributed by atoms with Gasteiger partial charge in [-0.2, -0.15) is 0 Å². The number of carbonyl (C=O) groups excluding carboxylic acids is 1. The van der Waals surface area contributed by atoms with E-state index in [1.165, 1.54) is 22.4 Å². The van der Waals surface area contributed by atoms with Crippen LogP contribution in [0.3, 0.4) is 0 Å². The van der Waals surface area contributed by atoms with Gasteiger partial charge < -0.3 is 15.2 Å². The first-order valence-corrected chi connectivity index (χ1v) is 10.8. The van der Waals surface area contributed by atoms with Crippen LogP contribution < -0.4 is 16.2 Å². The highest BCUT2D eigenvalue weighted by Gasteiger charge is 2.11. The summed E-state index contributed by atoms with van der Waals surface area (Å²) in [6, 6.07) is 15.6. The van der Waals surface area contributed by atoms with Crippen molar-refractivity contribution in [2.24, 2.45) is 0 Å². The lowest BCUT2D eigenvalue weighted by atomic mass is 10.2. The van der Waals surface area contributed by atoms with Gasteiger partial charge in [-0.25, -0.2) is 9.78 Å². The Kier molecular flexibility index (Phi) is 6.01. The number of urea groups is 1. The molecule has 2 aromatic carbocycles. The molecule has 0 aliphatic rings. The highest BCUT2D eigenvalue weighted by Crippen LogP contribution is 2.30. The molecule has 2 amide bonds. The Morgan fingerprint density at radius 1 is 1.10 bits per heavy atom. The first-order chi connectivity index (χ1) is 14.9. The number of thioether (sulfide) groups is 1. The summed E-state index contributed by atoms with van der Waals surface area (Å²) in [6.45, 7) is 3.69. The molecule has 0 saturated carbocycles. The van der Waals surface area contributed by atoms with Gasteiger partial charge in [0.1, 0.15) is 5.76 Å². The van der Waals surface area contributed by atoms with Crippen LogP contribution >= 0.6 is 23.4 Å². The van der Waals surface area contributed by atoms with Crippen molar-refractivity contribution in [2.75, 3.05) is 10.6 Å². The maximum absolute atomic E-state index is 12.5. The molecule has 0 bridgehead atoms. The van der Waals surface area contributed by atoms with Crippen molar-refractivity contribution in [1.82, 2.24) is 9.56 Å². The number of fused-ring (bicyclic) bond motifs is 1. The zero-order chi connectivity index (χ0) is 22.0. The monoisotopic (exact) mass is 454 g/mol. The van der Waals surface area contributed by atoms with Crippen molar-refractivity contribution < 1.29 is 9.32 Å². The maximum atomic E-state index is 12.5. The molecule has 2 aromatic heterocycles. The smallest absolute Gasteiger partial charge is 0.323 e. The second-order valence-electron chi connectivity index (χ2n) is 6.93. The average molecular weight is 455 g/mol. The SMILES string of the molecule is Cc1ccc(NC(=O)Nc2ccccc2SCc2cc(=O)n3oc(C)cc3n2)c(Cl)c1. The minimum atomic E-state index is -0.398. The molecule has 0 aliphatic heterocycles. The predicted molar refractivity (Wildman–Crippen MR) is 123 cm³/mol. The molecule has 0 fully saturated rings. The molecule has 0 spiro atoms. The lowest BCUT2D eigenvalue weighted by Gasteiger charge is -2.12. The quantitative estimate of drug-likeness (QED) is 0.389. The number of anilines is 2. The molecule has 0 atom stereocenters. The van der Waals surface area contributed by atoms with Crippen molar-refractivity contribution in [2.45, 2.75) is 24.5 Å². The van der Waals surface area contributed by atoms with E-state index in [2.05, 4.69) is 15.6 Å². The molecule has 0 aliphatic carbocycles. The third-order valence-electron chi connectivity index (χ3n) is 4.41. The van der Waals surface area contributed by atoms with E-state index in [1.807, 2.05) is 37.3 Å². The molecular weight excluding hydrogens is 436 g/mol. The van der Waals surface area contributed by atoms with E-state index in [0.29, 0.717) is 39.3 Å². The molecule has 4 rings (SSSR count). The summed E-state index contributed by atoms with van der Waals surface area (Å²) in [4.78, 5) is 30.0. The summed E-state index contributed by atoms with van der Waals surface area (Å²) in [5, 5.41) is 6.08. The van der Waals surface area contributed by atoms with E-state index in [0.717, 1.165) is 10.5 Å². The molecule has 2 N–H and O–H groups in total. The number of halogens is 1. The van der Waals surface area contributed by atoms with Gasteiger partial charge >= 0.3 is 6.03 Å². The fraction of sp³-hybridized carbons (Fsp3) is 0.136. The van der Waals surface area contributed by atoms with E-state index >= 15 is 0 Å². The van der Waals surface area contributed by atoms with Crippen molar-refractivity contribution >= 4 is 46.4 Å². The Morgan fingerprint density at radius 2 is 1.87 bits per heavy atom. The molecule has 0 saturated heterocycles. The molecule has 0 radical (unpaired) electrons. The van der Waals surface area contributed by atoms with E-state index < -0.39 is 6.03 Å². The zero-order valence-corrected chi connectivity index (χ0v) is 18.4. The Morgan fingerprint density at radius 3 is 2.68 bits per heavy atom. The highest BCUT2D eigenvalue weighted by molar-refractivity contribution is 7.98. The standard InChI is InChI=1S/C22H19ClN4O3S/c1-13-7-8-17(16(23)9-13)25-22(29)26-18-5-3-4-6-19(18)31-12-15-11-21(28)27-20(24-15)10-14(2)30-27/h3-11H,12H2,1-2H3,(H2,25,26,29). The number of hydrogen-bond donors (Lipinski definition) is 2. The molecule has 2 heterocycles. The Labute approximate surface area is 187 Å². The van der Waals surface area contributed by atoms with Crippen molar-refractivity contribution in [1.29, 1.82) is 0 Å². The van der Waals surface area contributed by atoms with E-state index in [1.54, 1.807) is 25.1 Å². The average Bonchev–Trinajstić information content (AvgIpc) is 3.10. The Balaban J connectivity index is 1.47. The van der Waals surface area contributed by atoms with Gasteiger partial charge in [-0.15, -0.1) is 16.3 Å². The van der Waals surface area contributed by atoms with Gasteiger partial charge in [-0.3, -0.25) is 4.79 Å². The molecule has 9 heteroatoms. The number of carbonyl (C=O) groups is 1. The van der Waals surface area contributed by atoms with Gasteiger partial charge in [0.15, 0.2) is 5.65 Å². The normalized spacial score (nSPS) is 10.9. The van der Waals surface area contributed by atoms with Crippen LogP contribution in [-0.2, 0) is 5.75 Å². The summed E-state index contributed by atoms with van der Waals surface area (Å²) >= 11 is 7.66. The third kappa shape index (κ3) is 4.92. The second kappa shape index (κ2) is 8.87. The molecule has 4 aromatic rings. The number of hydrogen-bond acceptors (Lipinski definition) is 5. The van der Waals surface area contributed by atoms with Gasteiger partial charge in [-0.05, 0) is 43.7 Å². The first kappa shape index (κ1) is 21.0. The number of nitrogens with zero attached hydrogens (tertiary/aromatic N) is 2. The highest BCUT2D eigenvalue weighted by atomic mass is 35.5. The van der Waals surface area contributed by atoms with Gasteiger partial charge in [0.2, 0.25) is 0 Å². The van der Waals surface area contributed by atoms with E-state index in [9.17, 15) is 9.59 Å². The minimum absolute atomic E-state index is 0.269. The van der Waals surface area contributed by atoms with Crippen LogP contribution in [0.1, 0.15) is 17.0 Å². The Bertz CT molecular complexity index is 1330. The first-order valence-electron chi connectivity index (χ1n) is 9.44. The van der Waals surface area contributed by atoms with Crippen molar-refractivity contribution in [3.05, 3.63) is 87.0 Å². The van der Waals surface area contributed by atoms with Gasteiger partial charge in [0, 0.05) is 22.8 Å². The molecule has 0 unspecified atom stereocenters. The fourth-order valence-electron chi connectivity index (χ4n) is 2.99. The van der Waals surface area contributed by atoms with Crippen LogP contribution in [0.4, 0.5) is 16.2 Å². The number of benzene rings is 2. The van der Waals surface area contributed by atoms with Gasteiger partial charge in [0.05, 0.1) is 22.1 Å². The fourth-order valence-corrected chi connectivity index (χ4v) is 4.18. The minimum Gasteiger partial charge on any atom is -0.375 e. The lowest BCUT2D eigenvalue weighted by Crippen LogP contribution is -2.20. The lowest BCUT2D eigenvalue weighted by molar-refractivity contribution is 0.262. The van der Waals surface area contributed by atoms with Gasteiger partial charge in [0.25, 0.3) is 5.56 Å². The van der Waals surface area contributed by atoms with Gasteiger partial charge in [-0.1, -0.05) is 29.8 Å². The summed E-state index contributed by atoms with van der Waals surface area (Å²) in [5.74, 6) is 1.07. The van der Waals surface area contributed by atoms with Crippen LogP contribution in [0.2, 0.25) is 5.02 Å². The number of amides is 2. The number of aryl methyl sites for hydroxylation is 2. The van der Waals surface area contributed by atoms with Crippen LogP contribution in [0, 0.1) is 13.8 Å². The number of nitrogens with one attached hydrogen (secondary N) is 2. The van der Waals surface area contributed by atoms with E-state index in [-0.39, 0.29) is 5.56 Å². The molecule has 31 heavy (non-hydrogen) atoms. The summed E-state index contributed by atoms with van der Waals surface area (Å²) in [6.07, 6.45) is 0. The largest absolute Gasteiger partial charge is 0.375 e. The summed E-state index contributed by atoms with van der Waals surface area (Å²) < 4.78 is 6.48. The molecule has 7 nitrogen and oxygen atoms in total.